The standard InChI is InChI=1S/C16H20N6O2S/c1-10-15(12(3)22(20-10)14-8-6-5-7-9-14)25(23,24)21-11(2)16-17-13(4)18-19-16/h5-9,11,21H,1-4H3,(H,17,18,19). The third-order valence-corrected chi connectivity index (χ3v) is 5.62. The molecule has 0 spiro atoms. The van der Waals surface area contributed by atoms with Gasteiger partial charge in [0.2, 0.25) is 10.0 Å². The summed E-state index contributed by atoms with van der Waals surface area (Å²) in [5.74, 6) is 1.03. The van der Waals surface area contributed by atoms with Crippen molar-refractivity contribution in [1.82, 2.24) is 29.7 Å². The maximum atomic E-state index is 12.9. The number of sulfonamides is 1. The van der Waals surface area contributed by atoms with Crippen molar-refractivity contribution in [1.29, 1.82) is 0 Å². The highest BCUT2D eigenvalue weighted by molar-refractivity contribution is 7.89. The van der Waals surface area contributed by atoms with E-state index >= 15 is 0 Å². The van der Waals surface area contributed by atoms with Gasteiger partial charge in [-0.05, 0) is 39.8 Å². The first kappa shape index (κ1) is 17.3. The molecule has 1 atom stereocenters. The van der Waals surface area contributed by atoms with Crippen LogP contribution in [0.15, 0.2) is 35.2 Å². The third-order valence-electron chi connectivity index (χ3n) is 3.83. The fourth-order valence-corrected chi connectivity index (χ4v) is 4.33. The van der Waals surface area contributed by atoms with Crippen molar-refractivity contribution >= 4 is 10.0 Å². The van der Waals surface area contributed by atoms with Crippen LogP contribution in [-0.2, 0) is 10.0 Å². The van der Waals surface area contributed by atoms with Crippen molar-refractivity contribution in [2.75, 3.05) is 0 Å². The molecule has 1 aromatic carbocycles. The first-order valence-corrected chi connectivity index (χ1v) is 9.31. The van der Waals surface area contributed by atoms with E-state index in [1.165, 1.54) is 0 Å². The average molecular weight is 360 g/mol. The van der Waals surface area contributed by atoms with Gasteiger partial charge in [0.1, 0.15) is 10.7 Å². The lowest BCUT2D eigenvalue weighted by Gasteiger charge is -2.12. The summed E-state index contributed by atoms with van der Waals surface area (Å²) in [6.07, 6.45) is 0. The number of para-hydroxylation sites is 1. The van der Waals surface area contributed by atoms with Crippen LogP contribution in [0.25, 0.3) is 5.69 Å². The SMILES string of the molecule is Cc1nc(C(C)NS(=O)(=O)c2c(C)nn(-c3ccccc3)c2C)n[nH]1. The number of aromatic nitrogens is 5. The molecule has 9 heteroatoms. The van der Waals surface area contributed by atoms with Gasteiger partial charge in [0.15, 0.2) is 5.82 Å². The van der Waals surface area contributed by atoms with E-state index in [2.05, 4.69) is 25.0 Å². The highest BCUT2D eigenvalue weighted by atomic mass is 32.2. The molecule has 0 saturated carbocycles. The summed E-state index contributed by atoms with van der Waals surface area (Å²) in [4.78, 5) is 4.35. The number of benzene rings is 1. The molecule has 0 bridgehead atoms. The summed E-state index contributed by atoms with van der Waals surface area (Å²) >= 11 is 0. The average Bonchev–Trinajstić information content (AvgIpc) is 3.11. The Labute approximate surface area is 146 Å². The molecule has 0 aliphatic carbocycles. The molecule has 3 aromatic rings. The number of hydrogen-bond acceptors (Lipinski definition) is 5. The minimum atomic E-state index is -3.77. The monoisotopic (exact) mass is 360 g/mol. The normalized spacial score (nSPS) is 13.1. The molecule has 132 valence electrons. The molecular formula is C16H20N6O2S. The van der Waals surface area contributed by atoms with Gasteiger partial charge in [-0.2, -0.15) is 10.2 Å². The molecule has 2 heterocycles. The van der Waals surface area contributed by atoms with Crippen LogP contribution < -0.4 is 4.72 Å². The lowest BCUT2D eigenvalue weighted by molar-refractivity contribution is 0.559. The van der Waals surface area contributed by atoms with Crippen LogP contribution in [0.4, 0.5) is 0 Å². The Bertz CT molecular complexity index is 991. The molecular weight excluding hydrogens is 340 g/mol. The highest BCUT2D eigenvalue weighted by Crippen LogP contribution is 2.24. The molecule has 0 radical (unpaired) electrons. The maximum absolute atomic E-state index is 12.9. The van der Waals surface area contributed by atoms with Crippen molar-refractivity contribution in [2.45, 2.75) is 38.6 Å². The maximum Gasteiger partial charge on any atom is 0.244 e. The number of nitrogens with one attached hydrogen (secondary N) is 2. The predicted molar refractivity (Wildman–Crippen MR) is 92.9 cm³/mol. The van der Waals surface area contributed by atoms with E-state index in [0.717, 1.165) is 5.69 Å². The number of aryl methyl sites for hydroxylation is 2. The van der Waals surface area contributed by atoms with Crippen molar-refractivity contribution < 1.29 is 8.42 Å². The second kappa shape index (κ2) is 6.41. The Morgan fingerprint density at radius 1 is 1.16 bits per heavy atom. The largest absolute Gasteiger partial charge is 0.263 e. The Morgan fingerprint density at radius 3 is 2.44 bits per heavy atom. The summed E-state index contributed by atoms with van der Waals surface area (Å²) < 4.78 is 30.0. The smallest absolute Gasteiger partial charge is 0.244 e. The molecule has 0 saturated heterocycles. The minimum absolute atomic E-state index is 0.176. The van der Waals surface area contributed by atoms with Gasteiger partial charge >= 0.3 is 0 Å². The lowest BCUT2D eigenvalue weighted by Crippen LogP contribution is -2.28. The second-order valence-corrected chi connectivity index (χ2v) is 7.52. The quantitative estimate of drug-likeness (QED) is 0.723. The zero-order chi connectivity index (χ0) is 18.2. The minimum Gasteiger partial charge on any atom is -0.263 e. The zero-order valence-corrected chi connectivity index (χ0v) is 15.3. The molecule has 0 aliphatic heterocycles. The molecule has 1 unspecified atom stereocenters. The van der Waals surface area contributed by atoms with E-state index in [4.69, 9.17) is 0 Å². The highest BCUT2D eigenvalue weighted by Gasteiger charge is 2.28. The number of rotatable bonds is 5. The predicted octanol–water partition coefficient (Wildman–Crippen LogP) is 1.96. The van der Waals surface area contributed by atoms with Crippen molar-refractivity contribution in [3.63, 3.8) is 0 Å². The van der Waals surface area contributed by atoms with E-state index in [1.54, 1.807) is 32.4 Å². The van der Waals surface area contributed by atoms with Crippen molar-refractivity contribution in [3.8, 4) is 5.69 Å². The Balaban J connectivity index is 1.96. The van der Waals surface area contributed by atoms with Gasteiger partial charge in [0, 0.05) is 0 Å². The van der Waals surface area contributed by atoms with Crippen molar-refractivity contribution in [3.05, 3.63) is 53.4 Å². The number of aromatic amines is 1. The van der Waals surface area contributed by atoms with Crippen LogP contribution in [0.3, 0.4) is 0 Å². The molecule has 8 nitrogen and oxygen atoms in total. The van der Waals surface area contributed by atoms with Crippen LogP contribution in [0.2, 0.25) is 0 Å². The third kappa shape index (κ3) is 3.33. The van der Waals surface area contributed by atoms with Gasteiger partial charge in [0.05, 0.1) is 23.1 Å². The Morgan fingerprint density at radius 2 is 1.84 bits per heavy atom. The summed E-state index contributed by atoms with van der Waals surface area (Å²) in [7, 11) is -3.77. The molecule has 2 N–H and O–H groups in total. The van der Waals surface area contributed by atoms with Gasteiger partial charge < -0.3 is 0 Å². The number of H-pyrrole nitrogens is 1. The van der Waals surface area contributed by atoms with E-state index in [-0.39, 0.29) is 4.90 Å². The van der Waals surface area contributed by atoms with Gasteiger partial charge in [-0.1, -0.05) is 18.2 Å². The summed E-state index contributed by atoms with van der Waals surface area (Å²) in [5.41, 5.74) is 1.80. The molecule has 25 heavy (non-hydrogen) atoms. The second-order valence-electron chi connectivity index (χ2n) is 5.87. The number of nitrogens with zero attached hydrogens (tertiary/aromatic N) is 4. The molecule has 0 amide bonds. The van der Waals surface area contributed by atoms with Crippen LogP contribution in [0.1, 0.15) is 36.0 Å². The van der Waals surface area contributed by atoms with E-state index in [0.29, 0.717) is 23.0 Å². The fraction of sp³-hybridized carbons (Fsp3) is 0.312. The first-order valence-electron chi connectivity index (χ1n) is 7.82. The van der Waals surface area contributed by atoms with Gasteiger partial charge in [-0.3, -0.25) is 5.10 Å². The van der Waals surface area contributed by atoms with Crippen molar-refractivity contribution in [2.24, 2.45) is 0 Å². The summed E-state index contributed by atoms with van der Waals surface area (Å²) in [5, 5.41) is 11.1. The van der Waals surface area contributed by atoms with Crippen LogP contribution in [0.5, 0.6) is 0 Å². The van der Waals surface area contributed by atoms with Gasteiger partial charge in [-0.25, -0.2) is 22.8 Å². The molecule has 2 aromatic heterocycles. The summed E-state index contributed by atoms with van der Waals surface area (Å²) in [6, 6.07) is 8.85. The van der Waals surface area contributed by atoms with Gasteiger partial charge in [-0.15, -0.1) is 0 Å². The van der Waals surface area contributed by atoms with Gasteiger partial charge in [0.25, 0.3) is 0 Å². The summed E-state index contributed by atoms with van der Waals surface area (Å²) in [6.45, 7) is 6.88. The molecule has 0 fully saturated rings. The first-order chi connectivity index (χ1) is 11.8. The van der Waals surface area contributed by atoms with Crippen LogP contribution in [0, 0.1) is 20.8 Å². The Hall–Kier alpha value is -2.52. The van der Waals surface area contributed by atoms with E-state index in [1.807, 2.05) is 30.3 Å². The van der Waals surface area contributed by atoms with Crippen LogP contribution in [-0.4, -0.2) is 33.4 Å². The molecule has 3 rings (SSSR count). The zero-order valence-electron chi connectivity index (χ0n) is 14.5. The van der Waals surface area contributed by atoms with Crippen LogP contribution >= 0.6 is 0 Å². The van der Waals surface area contributed by atoms with E-state index in [9.17, 15) is 8.42 Å². The topological polar surface area (TPSA) is 106 Å². The number of hydrogen-bond donors (Lipinski definition) is 2. The fourth-order valence-electron chi connectivity index (χ4n) is 2.74. The van der Waals surface area contributed by atoms with E-state index < -0.39 is 16.1 Å². The lowest BCUT2D eigenvalue weighted by atomic mass is 10.3. The Kier molecular flexibility index (Phi) is 4.44. The molecule has 0 aliphatic rings.